The van der Waals surface area contributed by atoms with Crippen molar-refractivity contribution in [2.75, 3.05) is 13.2 Å². The lowest BCUT2D eigenvalue weighted by Gasteiger charge is -2.10. The minimum atomic E-state index is 0.649. The monoisotopic (exact) mass is 248 g/mol. The van der Waals surface area contributed by atoms with Gasteiger partial charge in [-0.1, -0.05) is 25.8 Å². The Morgan fingerprint density at radius 2 is 2.06 bits per heavy atom. The lowest BCUT2D eigenvalue weighted by molar-refractivity contribution is 0.0866. The zero-order valence-corrected chi connectivity index (χ0v) is 11.3. The Bertz CT molecular complexity index is 348. The van der Waals surface area contributed by atoms with E-state index in [1.54, 1.807) is 0 Å². The Balaban J connectivity index is 1.74. The molecule has 0 spiro atoms. The molecule has 1 N–H and O–H groups in total. The summed E-state index contributed by atoms with van der Waals surface area (Å²) in [5.41, 5.74) is 2.14. The first kappa shape index (κ1) is 13.5. The molecule has 0 bridgehead atoms. The molecule has 1 aliphatic rings. The zero-order valence-electron chi connectivity index (χ0n) is 11.3. The van der Waals surface area contributed by atoms with E-state index >= 15 is 0 Å². The summed E-state index contributed by atoms with van der Waals surface area (Å²) in [6.45, 7) is 5.47. The van der Waals surface area contributed by atoms with Crippen molar-refractivity contribution in [3.63, 3.8) is 0 Å². The number of pyridine rings is 1. The lowest BCUT2D eigenvalue weighted by Crippen LogP contribution is -2.13. The molecule has 1 aromatic rings. The van der Waals surface area contributed by atoms with Crippen molar-refractivity contribution in [1.29, 1.82) is 0 Å². The third-order valence-electron chi connectivity index (χ3n) is 3.50. The second-order valence-electron chi connectivity index (χ2n) is 5.07. The van der Waals surface area contributed by atoms with E-state index in [4.69, 9.17) is 4.74 Å². The molecule has 0 aromatic carbocycles. The first-order valence-corrected chi connectivity index (χ1v) is 7.11. The summed E-state index contributed by atoms with van der Waals surface area (Å²) < 4.78 is 5.78. The molecule has 0 radical (unpaired) electrons. The topological polar surface area (TPSA) is 34.1 Å². The van der Waals surface area contributed by atoms with Crippen LogP contribution in [0.3, 0.4) is 0 Å². The number of ether oxygens (including phenoxy) is 1. The van der Waals surface area contributed by atoms with Crippen molar-refractivity contribution in [3.05, 3.63) is 29.6 Å². The normalized spacial score (nSPS) is 16.3. The van der Waals surface area contributed by atoms with Crippen LogP contribution in [-0.4, -0.2) is 18.1 Å². The highest BCUT2D eigenvalue weighted by Crippen LogP contribution is 2.24. The van der Waals surface area contributed by atoms with Crippen LogP contribution < -0.4 is 5.32 Å². The summed E-state index contributed by atoms with van der Waals surface area (Å²) in [5.74, 6) is 0.787. The molecule has 2 rings (SSSR count). The van der Waals surface area contributed by atoms with Crippen molar-refractivity contribution in [3.8, 4) is 0 Å². The van der Waals surface area contributed by atoms with Gasteiger partial charge in [0.1, 0.15) is 0 Å². The van der Waals surface area contributed by atoms with Gasteiger partial charge in [0.2, 0.25) is 0 Å². The Hall–Kier alpha value is -0.930. The van der Waals surface area contributed by atoms with Crippen molar-refractivity contribution >= 4 is 0 Å². The summed E-state index contributed by atoms with van der Waals surface area (Å²) in [6.07, 6.45) is 5.44. The van der Waals surface area contributed by atoms with E-state index in [2.05, 4.69) is 29.4 Å². The van der Waals surface area contributed by atoms with Gasteiger partial charge in [0.05, 0.1) is 18.0 Å². The van der Waals surface area contributed by atoms with E-state index in [1.165, 1.54) is 25.7 Å². The third-order valence-corrected chi connectivity index (χ3v) is 3.50. The van der Waals surface area contributed by atoms with E-state index in [0.717, 1.165) is 37.0 Å². The van der Waals surface area contributed by atoms with Crippen LogP contribution in [-0.2, 0) is 17.9 Å². The molecule has 1 saturated carbocycles. The van der Waals surface area contributed by atoms with Gasteiger partial charge in [0, 0.05) is 13.2 Å². The smallest absolute Gasteiger partial charge is 0.0888 e. The average molecular weight is 248 g/mol. The van der Waals surface area contributed by atoms with Gasteiger partial charge in [-0.05, 0) is 37.4 Å². The van der Waals surface area contributed by atoms with Crippen LogP contribution in [0.15, 0.2) is 18.2 Å². The largest absolute Gasteiger partial charge is 0.375 e. The van der Waals surface area contributed by atoms with Crippen molar-refractivity contribution in [1.82, 2.24) is 10.3 Å². The van der Waals surface area contributed by atoms with Gasteiger partial charge in [0.15, 0.2) is 0 Å². The highest BCUT2D eigenvalue weighted by atomic mass is 16.5. The highest BCUT2D eigenvalue weighted by molar-refractivity contribution is 5.10. The van der Waals surface area contributed by atoms with Crippen molar-refractivity contribution < 1.29 is 4.74 Å². The number of rotatable bonds is 7. The predicted octanol–water partition coefficient (Wildman–Crippen LogP) is 2.90. The first-order valence-electron chi connectivity index (χ1n) is 7.11. The van der Waals surface area contributed by atoms with Crippen LogP contribution in [0.1, 0.15) is 44.0 Å². The molecular formula is C15H24N2O. The van der Waals surface area contributed by atoms with E-state index in [1.807, 2.05) is 6.07 Å². The van der Waals surface area contributed by atoms with E-state index < -0.39 is 0 Å². The molecule has 0 amide bonds. The van der Waals surface area contributed by atoms with Gasteiger partial charge in [-0.2, -0.15) is 0 Å². The standard InChI is InChI=1S/C15H24N2O/c1-2-16-10-14-8-5-9-15(17-14)12-18-11-13-6-3-4-7-13/h5,8-9,13,16H,2-4,6-7,10-12H2,1H3. The Morgan fingerprint density at radius 3 is 2.83 bits per heavy atom. The molecule has 0 atom stereocenters. The summed E-state index contributed by atoms with van der Waals surface area (Å²) >= 11 is 0. The maximum absolute atomic E-state index is 5.78. The van der Waals surface area contributed by atoms with E-state index in [-0.39, 0.29) is 0 Å². The van der Waals surface area contributed by atoms with E-state index in [0.29, 0.717) is 6.61 Å². The van der Waals surface area contributed by atoms with Gasteiger partial charge >= 0.3 is 0 Å². The molecular weight excluding hydrogens is 224 g/mol. The molecule has 3 heteroatoms. The van der Waals surface area contributed by atoms with Gasteiger partial charge < -0.3 is 10.1 Å². The predicted molar refractivity (Wildman–Crippen MR) is 73.2 cm³/mol. The number of hydrogen-bond donors (Lipinski definition) is 1. The highest BCUT2D eigenvalue weighted by Gasteiger charge is 2.14. The van der Waals surface area contributed by atoms with Crippen LogP contribution in [0.5, 0.6) is 0 Å². The van der Waals surface area contributed by atoms with Crippen molar-refractivity contribution in [2.24, 2.45) is 5.92 Å². The Kier molecular flexibility index (Phi) is 5.62. The third kappa shape index (κ3) is 4.39. The molecule has 18 heavy (non-hydrogen) atoms. The van der Waals surface area contributed by atoms with Crippen LogP contribution in [0.2, 0.25) is 0 Å². The molecule has 0 saturated heterocycles. The number of nitrogens with one attached hydrogen (secondary N) is 1. The fourth-order valence-electron chi connectivity index (χ4n) is 2.47. The van der Waals surface area contributed by atoms with Crippen LogP contribution in [0, 0.1) is 5.92 Å². The van der Waals surface area contributed by atoms with Gasteiger partial charge in [-0.15, -0.1) is 0 Å². The second-order valence-corrected chi connectivity index (χ2v) is 5.07. The molecule has 1 heterocycles. The number of hydrogen-bond acceptors (Lipinski definition) is 3. The lowest BCUT2D eigenvalue weighted by atomic mass is 10.1. The molecule has 1 aromatic heterocycles. The number of nitrogens with zero attached hydrogens (tertiary/aromatic N) is 1. The van der Waals surface area contributed by atoms with Gasteiger partial charge in [-0.3, -0.25) is 4.98 Å². The van der Waals surface area contributed by atoms with Gasteiger partial charge in [-0.25, -0.2) is 0 Å². The summed E-state index contributed by atoms with van der Waals surface area (Å²) in [4.78, 5) is 4.59. The maximum atomic E-state index is 5.78. The Labute approximate surface area is 110 Å². The summed E-state index contributed by atoms with van der Waals surface area (Å²) in [6, 6.07) is 6.17. The molecule has 0 aliphatic heterocycles. The second kappa shape index (κ2) is 7.49. The van der Waals surface area contributed by atoms with Crippen LogP contribution >= 0.6 is 0 Å². The van der Waals surface area contributed by atoms with Crippen LogP contribution in [0.4, 0.5) is 0 Å². The summed E-state index contributed by atoms with van der Waals surface area (Å²) in [7, 11) is 0. The number of aromatic nitrogens is 1. The molecule has 1 fully saturated rings. The van der Waals surface area contributed by atoms with Gasteiger partial charge in [0.25, 0.3) is 0 Å². The average Bonchev–Trinajstić information content (AvgIpc) is 2.90. The fourth-order valence-corrected chi connectivity index (χ4v) is 2.47. The quantitative estimate of drug-likeness (QED) is 0.805. The first-order chi connectivity index (χ1) is 8.88. The molecule has 100 valence electrons. The zero-order chi connectivity index (χ0) is 12.6. The molecule has 0 unspecified atom stereocenters. The molecule has 3 nitrogen and oxygen atoms in total. The molecule has 1 aliphatic carbocycles. The fraction of sp³-hybridized carbons (Fsp3) is 0.667. The van der Waals surface area contributed by atoms with Crippen LogP contribution in [0.25, 0.3) is 0 Å². The summed E-state index contributed by atoms with van der Waals surface area (Å²) in [5, 5.41) is 3.29. The SMILES string of the molecule is CCNCc1cccc(COCC2CCCC2)n1. The minimum absolute atomic E-state index is 0.649. The van der Waals surface area contributed by atoms with E-state index in [9.17, 15) is 0 Å². The van der Waals surface area contributed by atoms with Crippen molar-refractivity contribution in [2.45, 2.75) is 45.8 Å². The Morgan fingerprint density at radius 1 is 1.28 bits per heavy atom. The maximum Gasteiger partial charge on any atom is 0.0888 e. The minimum Gasteiger partial charge on any atom is -0.375 e.